The number of nitrogens with zero attached hydrogens (tertiary/aromatic N) is 1. The minimum Gasteiger partial charge on any atom is -0.467 e. The third-order valence-electron chi connectivity index (χ3n) is 4.83. The number of hydrogen-bond donors (Lipinski definition) is 1. The fourth-order valence-electron chi connectivity index (χ4n) is 3.32. The number of piperidine rings is 1. The zero-order chi connectivity index (χ0) is 20.2. The monoisotopic (exact) mass is 387 g/mol. The number of aliphatic hydroxyl groups is 1. The molecule has 0 aliphatic carbocycles. The zero-order valence-electron chi connectivity index (χ0n) is 16.4. The number of amides is 1. The molecule has 0 bridgehead atoms. The Kier molecular flexibility index (Phi) is 9.53. The molecule has 1 fully saturated rings. The van der Waals surface area contributed by atoms with E-state index in [0.717, 1.165) is 24.8 Å². The highest BCUT2D eigenvalue weighted by Crippen LogP contribution is 2.22. The molecule has 0 saturated carbocycles. The minimum absolute atomic E-state index is 0.108. The van der Waals surface area contributed by atoms with Crippen molar-refractivity contribution in [1.82, 2.24) is 4.90 Å². The molecule has 1 aliphatic rings. The van der Waals surface area contributed by atoms with Crippen LogP contribution < -0.4 is 0 Å². The van der Waals surface area contributed by atoms with Crippen LogP contribution in [0.5, 0.6) is 0 Å². The van der Waals surface area contributed by atoms with Gasteiger partial charge in [0.25, 0.3) is 0 Å². The molecule has 1 unspecified atom stereocenters. The first-order valence-electron chi connectivity index (χ1n) is 9.72. The minimum atomic E-state index is -0.442. The largest absolute Gasteiger partial charge is 0.467 e. The number of carbonyl (C=O) groups is 2. The van der Waals surface area contributed by atoms with Crippen LogP contribution in [-0.4, -0.2) is 60.9 Å². The second-order valence-corrected chi connectivity index (χ2v) is 6.91. The van der Waals surface area contributed by atoms with Crippen molar-refractivity contribution in [3.05, 3.63) is 35.9 Å². The molecular formula is C22H29NO5. The van der Waals surface area contributed by atoms with Gasteiger partial charge in [-0.3, -0.25) is 4.79 Å². The van der Waals surface area contributed by atoms with Crippen molar-refractivity contribution < 1.29 is 24.2 Å². The van der Waals surface area contributed by atoms with Gasteiger partial charge in [0.2, 0.25) is 5.91 Å². The lowest BCUT2D eigenvalue weighted by atomic mass is 9.94. The first-order chi connectivity index (χ1) is 13.6. The van der Waals surface area contributed by atoms with Crippen LogP contribution in [0, 0.1) is 11.8 Å². The van der Waals surface area contributed by atoms with Gasteiger partial charge in [0.15, 0.2) is 0 Å². The van der Waals surface area contributed by atoms with Crippen LogP contribution in [0.15, 0.2) is 30.3 Å². The summed E-state index contributed by atoms with van der Waals surface area (Å²) >= 11 is 0. The highest BCUT2D eigenvalue weighted by molar-refractivity contribution is 5.77. The van der Waals surface area contributed by atoms with Gasteiger partial charge in [-0.1, -0.05) is 42.2 Å². The fraction of sp³-hybridized carbons (Fsp3) is 0.545. The van der Waals surface area contributed by atoms with Crippen molar-refractivity contribution >= 4 is 11.9 Å². The van der Waals surface area contributed by atoms with Gasteiger partial charge < -0.3 is 19.5 Å². The van der Waals surface area contributed by atoms with E-state index >= 15 is 0 Å². The van der Waals surface area contributed by atoms with Crippen molar-refractivity contribution in [1.29, 1.82) is 0 Å². The van der Waals surface area contributed by atoms with Crippen molar-refractivity contribution in [2.45, 2.75) is 50.7 Å². The molecule has 1 saturated heterocycles. The number of benzene rings is 1. The van der Waals surface area contributed by atoms with E-state index in [-0.39, 0.29) is 25.2 Å². The molecule has 1 aromatic rings. The Balaban J connectivity index is 1.78. The number of hydrogen-bond acceptors (Lipinski definition) is 5. The molecule has 6 heteroatoms. The number of aliphatic hydroxyl groups excluding tert-OH is 1. The fourth-order valence-corrected chi connectivity index (χ4v) is 3.32. The summed E-state index contributed by atoms with van der Waals surface area (Å²) in [5, 5.41) is 10.3. The molecule has 1 heterocycles. The molecular weight excluding hydrogens is 358 g/mol. The standard InChI is InChI=1S/C22H29NO5/c1-27-22(26)17-28-15-6-5-14-23-19(10-7-11-21(23)25)12-13-20(24)16-18-8-3-2-4-9-18/h2-4,8-9,19-20,24H,7,10-17H2,1H3/t19-,20?/m1/s1. The van der Waals surface area contributed by atoms with Gasteiger partial charge in [0.05, 0.1) is 19.8 Å². The maximum Gasteiger partial charge on any atom is 0.331 e. The van der Waals surface area contributed by atoms with Crippen molar-refractivity contribution in [3.63, 3.8) is 0 Å². The maximum atomic E-state index is 12.3. The summed E-state index contributed by atoms with van der Waals surface area (Å²) in [6.45, 7) is 0.340. The van der Waals surface area contributed by atoms with E-state index in [1.54, 1.807) is 0 Å². The molecule has 2 rings (SSSR count). The molecule has 0 aromatic heterocycles. The second-order valence-electron chi connectivity index (χ2n) is 6.91. The topological polar surface area (TPSA) is 76.1 Å². The molecule has 0 radical (unpaired) electrons. The number of rotatable bonds is 9. The summed E-state index contributed by atoms with van der Waals surface area (Å²) < 4.78 is 9.56. The summed E-state index contributed by atoms with van der Waals surface area (Å²) in [6.07, 6.45) is 3.98. The average Bonchev–Trinajstić information content (AvgIpc) is 2.70. The van der Waals surface area contributed by atoms with E-state index in [9.17, 15) is 14.7 Å². The van der Waals surface area contributed by atoms with Gasteiger partial charge in [0, 0.05) is 12.5 Å². The van der Waals surface area contributed by atoms with E-state index in [1.807, 2.05) is 35.2 Å². The van der Waals surface area contributed by atoms with Crippen molar-refractivity contribution in [2.24, 2.45) is 0 Å². The quantitative estimate of drug-likeness (QED) is 0.398. The smallest absolute Gasteiger partial charge is 0.331 e. The van der Waals surface area contributed by atoms with Gasteiger partial charge >= 0.3 is 5.97 Å². The van der Waals surface area contributed by atoms with Crippen LogP contribution in [0.4, 0.5) is 0 Å². The van der Waals surface area contributed by atoms with Crippen molar-refractivity contribution in [3.8, 4) is 11.8 Å². The van der Waals surface area contributed by atoms with Gasteiger partial charge in [-0.15, -0.1) is 0 Å². The van der Waals surface area contributed by atoms with E-state index in [2.05, 4.69) is 16.6 Å². The van der Waals surface area contributed by atoms with Crippen LogP contribution in [0.25, 0.3) is 0 Å². The lowest BCUT2D eigenvalue weighted by Crippen LogP contribution is -2.44. The van der Waals surface area contributed by atoms with Crippen LogP contribution in [0.3, 0.4) is 0 Å². The maximum absolute atomic E-state index is 12.3. The first kappa shape index (κ1) is 21.9. The first-order valence-corrected chi connectivity index (χ1v) is 9.72. The van der Waals surface area contributed by atoms with E-state index in [0.29, 0.717) is 25.8 Å². The summed E-state index contributed by atoms with van der Waals surface area (Å²) in [7, 11) is 1.30. The Hall–Kier alpha value is -2.36. The van der Waals surface area contributed by atoms with Gasteiger partial charge in [-0.2, -0.15) is 0 Å². The molecule has 2 atom stereocenters. The molecule has 1 aliphatic heterocycles. The van der Waals surface area contributed by atoms with Crippen LogP contribution in [0.1, 0.15) is 37.7 Å². The predicted molar refractivity (Wildman–Crippen MR) is 105 cm³/mol. The zero-order valence-corrected chi connectivity index (χ0v) is 16.4. The normalized spacial score (nSPS) is 17.6. The number of ether oxygens (including phenoxy) is 2. The Labute approximate surface area is 166 Å². The Morgan fingerprint density at radius 2 is 2.11 bits per heavy atom. The SMILES string of the molecule is COC(=O)COCC#CCN1C(=O)CCC[C@@H]1CCC(O)Cc1ccccc1. The second kappa shape index (κ2) is 12.2. The van der Waals surface area contributed by atoms with Crippen LogP contribution in [-0.2, 0) is 25.5 Å². The number of methoxy groups -OCH3 is 1. The Morgan fingerprint density at radius 1 is 1.32 bits per heavy atom. The summed E-state index contributed by atoms with van der Waals surface area (Å²) in [6, 6.07) is 10.0. The summed E-state index contributed by atoms with van der Waals surface area (Å²) in [4.78, 5) is 25.1. The molecule has 152 valence electrons. The lowest BCUT2D eigenvalue weighted by Gasteiger charge is -2.35. The molecule has 6 nitrogen and oxygen atoms in total. The highest BCUT2D eigenvalue weighted by atomic mass is 16.6. The Morgan fingerprint density at radius 3 is 2.86 bits per heavy atom. The van der Waals surface area contributed by atoms with E-state index in [1.165, 1.54) is 7.11 Å². The van der Waals surface area contributed by atoms with Crippen LogP contribution >= 0.6 is 0 Å². The van der Waals surface area contributed by atoms with E-state index < -0.39 is 12.1 Å². The number of likely N-dealkylation sites (tertiary alicyclic amines) is 1. The summed E-state index contributed by atoms with van der Waals surface area (Å²) in [5.74, 6) is 5.45. The molecule has 0 spiro atoms. The highest BCUT2D eigenvalue weighted by Gasteiger charge is 2.27. The summed E-state index contributed by atoms with van der Waals surface area (Å²) in [5.41, 5.74) is 1.12. The third kappa shape index (κ3) is 7.71. The Bertz CT molecular complexity index is 679. The lowest BCUT2D eigenvalue weighted by molar-refractivity contribution is -0.145. The van der Waals surface area contributed by atoms with Gasteiger partial charge in [-0.25, -0.2) is 4.79 Å². The molecule has 1 aromatic carbocycles. The molecule has 1 amide bonds. The average molecular weight is 387 g/mol. The number of carbonyl (C=O) groups excluding carboxylic acids is 2. The number of esters is 1. The third-order valence-corrected chi connectivity index (χ3v) is 4.83. The molecule has 1 N–H and O–H groups in total. The predicted octanol–water partition coefficient (Wildman–Crippen LogP) is 1.94. The van der Waals surface area contributed by atoms with Crippen molar-refractivity contribution in [2.75, 3.05) is 26.9 Å². The van der Waals surface area contributed by atoms with E-state index in [4.69, 9.17) is 4.74 Å². The molecule has 28 heavy (non-hydrogen) atoms. The van der Waals surface area contributed by atoms with Gasteiger partial charge in [0.1, 0.15) is 13.2 Å². The van der Waals surface area contributed by atoms with Gasteiger partial charge in [-0.05, 0) is 37.7 Å². The van der Waals surface area contributed by atoms with Crippen LogP contribution in [0.2, 0.25) is 0 Å².